The van der Waals surface area contributed by atoms with Gasteiger partial charge in [0.05, 0.1) is 16.3 Å². The fourth-order valence-corrected chi connectivity index (χ4v) is 3.86. The predicted octanol–water partition coefficient (Wildman–Crippen LogP) is 4.01. The summed E-state index contributed by atoms with van der Waals surface area (Å²) in [5.74, 6) is -0.695. The highest BCUT2D eigenvalue weighted by molar-refractivity contribution is 7.92. The van der Waals surface area contributed by atoms with Crippen LogP contribution in [0.3, 0.4) is 0 Å². The highest BCUT2D eigenvalue weighted by atomic mass is 32.2. The number of carbonyl (C=O) groups is 2. The van der Waals surface area contributed by atoms with Crippen molar-refractivity contribution >= 4 is 38.9 Å². The first-order chi connectivity index (χ1) is 14.2. The average molecular weight is 423 g/mol. The number of sulfonamides is 1. The fraction of sp³-hybridized carbons (Fsp3) is 0.0909. The van der Waals surface area contributed by atoms with Crippen molar-refractivity contribution < 1.29 is 18.0 Å². The number of aryl methyl sites for hydroxylation is 1. The third kappa shape index (κ3) is 5.24. The molecular weight excluding hydrogens is 402 g/mol. The summed E-state index contributed by atoms with van der Waals surface area (Å²) in [6, 6.07) is 19.4. The van der Waals surface area contributed by atoms with Crippen LogP contribution >= 0.6 is 0 Å². The summed E-state index contributed by atoms with van der Waals surface area (Å²) in [5, 5.41) is 5.44. The summed E-state index contributed by atoms with van der Waals surface area (Å²) in [4.78, 5) is 24.3. The Balaban J connectivity index is 1.82. The molecule has 3 rings (SSSR count). The number of nitrogens with one attached hydrogen (secondary N) is 3. The molecule has 8 heteroatoms. The van der Waals surface area contributed by atoms with Crippen LogP contribution in [0.5, 0.6) is 0 Å². The fourth-order valence-electron chi connectivity index (χ4n) is 2.79. The Kier molecular flexibility index (Phi) is 6.17. The summed E-state index contributed by atoms with van der Waals surface area (Å²) in [6.45, 7) is 3.25. The Morgan fingerprint density at radius 3 is 2.23 bits per heavy atom. The van der Waals surface area contributed by atoms with E-state index in [1.54, 1.807) is 48.5 Å². The minimum Gasteiger partial charge on any atom is -0.325 e. The Morgan fingerprint density at radius 1 is 0.800 bits per heavy atom. The van der Waals surface area contributed by atoms with Gasteiger partial charge in [0.2, 0.25) is 5.91 Å². The quantitative estimate of drug-likeness (QED) is 0.557. The van der Waals surface area contributed by atoms with Crippen molar-refractivity contribution in [2.24, 2.45) is 0 Å². The van der Waals surface area contributed by atoms with Gasteiger partial charge >= 0.3 is 0 Å². The number of anilines is 3. The summed E-state index contributed by atoms with van der Waals surface area (Å²) in [6.07, 6.45) is 0. The molecule has 0 fully saturated rings. The molecule has 0 saturated carbocycles. The second-order valence-corrected chi connectivity index (χ2v) is 8.37. The second-order valence-electron chi connectivity index (χ2n) is 6.68. The zero-order valence-electron chi connectivity index (χ0n) is 16.5. The lowest BCUT2D eigenvalue weighted by Gasteiger charge is -2.13. The molecule has 30 heavy (non-hydrogen) atoms. The number of rotatable bonds is 6. The van der Waals surface area contributed by atoms with Gasteiger partial charge in [0.15, 0.2) is 0 Å². The third-order valence-electron chi connectivity index (χ3n) is 4.16. The van der Waals surface area contributed by atoms with Gasteiger partial charge in [0.1, 0.15) is 0 Å². The van der Waals surface area contributed by atoms with Crippen molar-refractivity contribution in [3.8, 4) is 0 Å². The van der Waals surface area contributed by atoms with Crippen molar-refractivity contribution in [1.82, 2.24) is 0 Å². The number of amides is 2. The normalized spacial score (nSPS) is 10.9. The van der Waals surface area contributed by atoms with Crippen LogP contribution in [0.2, 0.25) is 0 Å². The Morgan fingerprint density at radius 2 is 1.53 bits per heavy atom. The standard InChI is InChI=1S/C22H21N3O4S/c1-15-11-12-20(23-16(2)26)21(13-15)24-22(27)17-7-6-8-18(14-17)25-30(28,29)19-9-4-3-5-10-19/h3-14,25H,1-2H3,(H,23,26)(H,24,27). The highest BCUT2D eigenvalue weighted by Crippen LogP contribution is 2.24. The maximum absolute atomic E-state index is 12.8. The Hall–Kier alpha value is -3.65. The SMILES string of the molecule is CC(=O)Nc1ccc(C)cc1NC(=O)c1cccc(NS(=O)(=O)c2ccccc2)c1. The van der Waals surface area contributed by atoms with E-state index < -0.39 is 15.9 Å². The van der Waals surface area contributed by atoms with E-state index in [1.165, 1.54) is 25.1 Å². The molecule has 3 aromatic carbocycles. The molecule has 154 valence electrons. The van der Waals surface area contributed by atoms with Crippen molar-refractivity contribution in [3.63, 3.8) is 0 Å². The van der Waals surface area contributed by atoms with Crippen molar-refractivity contribution in [2.45, 2.75) is 18.7 Å². The first-order valence-electron chi connectivity index (χ1n) is 9.12. The summed E-state index contributed by atoms with van der Waals surface area (Å²) in [7, 11) is -3.77. The molecule has 0 aliphatic rings. The van der Waals surface area contributed by atoms with Crippen LogP contribution in [0.15, 0.2) is 77.7 Å². The summed E-state index contributed by atoms with van der Waals surface area (Å²) < 4.78 is 27.5. The lowest BCUT2D eigenvalue weighted by molar-refractivity contribution is -0.114. The van der Waals surface area contributed by atoms with Gasteiger partial charge in [-0.15, -0.1) is 0 Å². The van der Waals surface area contributed by atoms with Gasteiger partial charge in [0.25, 0.3) is 15.9 Å². The van der Waals surface area contributed by atoms with Gasteiger partial charge in [-0.2, -0.15) is 0 Å². The molecule has 7 nitrogen and oxygen atoms in total. The Labute approximate surface area is 175 Å². The second kappa shape index (κ2) is 8.79. The minimum atomic E-state index is -3.77. The van der Waals surface area contributed by atoms with E-state index in [-0.39, 0.29) is 22.1 Å². The van der Waals surface area contributed by atoms with E-state index in [9.17, 15) is 18.0 Å². The van der Waals surface area contributed by atoms with Crippen molar-refractivity contribution in [3.05, 3.63) is 83.9 Å². The number of hydrogen-bond donors (Lipinski definition) is 3. The van der Waals surface area contributed by atoms with E-state index in [1.807, 2.05) is 13.0 Å². The average Bonchev–Trinajstić information content (AvgIpc) is 2.70. The highest BCUT2D eigenvalue weighted by Gasteiger charge is 2.15. The molecule has 0 bridgehead atoms. The van der Waals surface area contributed by atoms with Gasteiger partial charge in [0, 0.05) is 18.2 Å². The molecule has 2 amide bonds. The maximum Gasteiger partial charge on any atom is 0.261 e. The van der Waals surface area contributed by atoms with E-state index in [2.05, 4.69) is 15.4 Å². The molecule has 0 aliphatic heterocycles. The third-order valence-corrected chi connectivity index (χ3v) is 5.56. The molecule has 0 saturated heterocycles. The molecule has 0 aliphatic carbocycles. The van der Waals surface area contributed by atoms with Crippen molar-refractivity contribution in [2.75, 3.05) is 15.4 Å². The van der Waals surface area contributed by atoms with Gasteiger partial charge < -0.3 is 10.6 Å². The molecule has 0 spiro atoms. The number of benzene rings is 3. The molecule has 3 N–H and O–H groups in total. The van der Waals surface area contributed by atoms with Crippen molar-refractivity contribution in [1.29, 1.82) is 0 Å². The minimum absolute atomic E-state index is 0.125. The first kappa shape index (κ1) is 21.1. The zero-order chi connectivity index (χ0) is 21.7. The van der Waals surface area contributed by atoms with E-state index >= 15 is 0 Å². The summed E-state index contributed by atoms with van der Waals surface area (Å²) >= 11 is 0. The first-order valence-corrected chi connectivity index (χ1v) is 10.6. The lowest BCUT2D eigenvalue weighted by atomic mass is 10.1. The van der Waals surface area contributed by atoms with E-state index in [4.69, 9.17) is 0 Å². The zero-order valence-corrected chi connectivity index (χ0v) is 17.3. The molecule has 0 radical (unpaired) electrons. The smallest absolute Gasteiger partial charge is 0.261 e. The topological polar surface area (TPSA) is 104 Å². The molecular formula is C22H21N3O4S. The van der Waals surface area contributed by atoms with Crippen LogP contribution < -0.4 is 15.4 Å². The van der Waals surface area contributed by atoms with Gasteiger partial charge in [-0.25, -0.2) is 8.42 Å². The van der Waals surface area contributed by atoms with E-state index in [0.717, 1.165) is 5.56 Å². The van der Waals surface area contributed by atoms with Gasteiger partial charge in [-0.1, -0.05) is 30.3 Å². The molecule has 3 aromatic rings. The monoisotopic (exact) mass is 423 g/mol. The summed E-state index contributed by atoms with van der Waals surface area (Å²) in [5.41, 5.74) is 2.35. The molecule has 0 unspecified atom stereocenters. The van der Waals surface area contributed by atoms with Gasteiger partial charge in [-0.05, 0) is 55.0 Å². The predicted molar refractivity (Wildman–Crippen MR) is 117 cm³/mol. The van der Waals surface area contributed by atoms with Gasteiger partial charge in [-0.3, -0.25) is 14.3 Å². The van der Waals surface area contributed by atoms with Crippen LogP contribution in [0.1, 0.15) is 22.8 Å². The molecule has 0 aromatic heterocycles. The number of hydrogen-bond acceptors (Lipinski definition) is 4. The lowest BCUT2D eigenvalue weighted by Crippen LogP contribution is -2.16. The Bertz CT molecular complexity index is 1190. The largest absolute Gasteiger partial charge is 0.325 e. The molecule has 0 heterocycles. The van der Waals surface area contributed by atoms with E-state index in [0.29, 0.717) is 11.4 Å². The molecule has 0 atom stereocenters. The maximum atomic E-state index is 12.8. The van der Waals surface area contributed by atoms with Crippen LogP contribution in [0.4, 0.5) is 17.1 Å². The van der Waals surface area contributed by atoms with Crippen LogP contribution in [-0.2, 0) is 14.8 Å². The van der Waals surface area contributed by atoms with Crippen LogP contribution in [0, 0.1) is 6.92 Å². The number of carbonyl (C=O) groups excluding carboxylic acids is 2. The van der Waals surface area contributed by atoms with Crippen LogP contribution in [0.25, 0.3) is 0 Å². The van der Waals surface area contributed by atoms with Crippen LogP contribution in [-0.4, -0.2) is 20.2 Å².